The molecule has 8 nitrogen and oxygen atoms in total. The largest absolute Gasteiger partial charge is 0.478 e. The monoisotopic (exact) mass is 334 g/mol. The Bertz CT molecular complexity index is 819. The molecular formula is C15H11FN2O6. The highest BCUT2D eigenvalue weighted by molar-refractivity contribution is 5.93. The van der Waals surface area contributed by atoms with Gasteiger partial charge < -0.3 is 15.2 Å². The van der Waals surface area contributed by atoms with Crippen molar-refractivity contribution >= 4 is 29.0 Å². The maximum Gasteiger partial charge on any atom is 0.339 e. The van der Waals surface area contributed by atoms with Crippen LogP contribution in [0, 0.1) is 15.9 Å². The number of halogens is 1. The standard InChI is InChI=1S/C15H11FN2O6/c1-8(19)24-14-7-13(12(16)6-11(14)15(20)21)17-9-2-4-10(5-3-9)18(22)23/h2-7,17H,1H3,(H,20,21). The first-order valence-corrected chi connectivity index (χ1v) is 6.54. The number of ether oxygens (including phenoxy) is 1. The number of nitrogens with zero attached hydrogens (tertiary/aromatic N) is 1. The topological polar surface area (TPSA) is 119 Å². The number of esters is 1. The fourth-order valence-electron chi connectivity index (χ4n) is 1.88. The number of carboxylic acids is 1. The van der Waals surface area contributed by atoms with E-state index in [0.717, 1.165) is 13.0 Å². The van der Waals surface area contributed by atoms with Crippen molar-refractivity contribution in [2.45, 2.75) is 6.92 Å². The summed E-state index contributed by atoms with van der Waals surface area (Å²) in [6.45, 7) is 1.08. The fraction of sp³-hybridized carbons (Fsp3) is 0.0667. The Labute approximate surface area is 134 Å². The molecule has 24 heavy (non-hydrogen) atoms. The zero-order chi connectivity index (χ0) is 17.9. The van der Waals surface area contributed by atoms with Gasteiger partial charge in [-0.1, -0.05) is 0 Å². The lowest BCUT2D eigenvalue weighted by Gasteiger charge is -2.12. The molecule has 0 saturated carbocycles. The molecule has 0 aliphatic carbocycles. The van der Waals surface area contributed by atoms with E-state index in [4.69, 9.17) is 9.84 Å². The summed E-state index contributed by atoms with van der Waals surface area (Å²) >= 11 is 0. The molecule has 0 amide bonds. The van der Waals surface area contributed by atoms with Crippen LogP contribution in [0.3, 0.4) is 0 Å². The number of benzene rings is 2. The van der Waals surface area contributed by atoms with E-state index in [1.807, 2.05) is 0 Å². The summed E-state index contributed by atoms with van der Waals surface area (Å²) in [4.78, 5) is 32.2. The molecule has 0 aliphatic heterocycles. The number of nitrogens with one attached hydrogen (secondary N) is 1. The average molecular weight is 334 g/mol. The Morgan fingerprint density at radius 3 is 2.38 bits per heavy atom. The van der Waals surface area contributed by atoms with Crippen LogP contribution in [0.15, 0.2) is 36.4 Å². The summed E-state index contributed by atoms with van der Waals surface area (Å²) < 4.78 is 18.8. The van der Waals surface area contributed by atoms with Crippen molar-refractivity contribution in [2.24, 2.45) is 0 Å². The van der Waals surface area contributed by atoms with Gasteiger partial charge >= 0.3 is 11.9 Å². The van der Waals surface area contributed by atoms with E-state index in [1.165, 1.54) is 24.3 Å². The van der Waals surface area contributed by atoms with Crippen LogP contribution in [-0.2, 0) is 4.79 Å². The lowest BCUT2D eigenvalue weighted by atomic mass is 10.1. The SMILES string of the molecule is CC(=O)Oc1cc(Nc2ccc([N+](=O)[O-])cc2)c(F)cc1C(=O)O. The second-order valence-corrected chi connectivity index (χ2v) is 4.66. The third kappa shape index (κ3) is 3.83. The first kappa shape index (κ1) is 16.9. The average Bonchev–Trinajstić information content (AvgIpc) is 2.50. The molecule has 124 valence electrons. The minimum Gasteiger partial charge on any atom is -0.478 e. The molecule has 0 aliphatic rings. The van der Waals surface area contributed by atoms with Gasteiger partial charge in [-0.2, -0.15) is 0 Å². The summed E-state index contributed by atoms with van der Waals surface area (Å²) in [6.07, 6.45) is 0. The molecule has 9 heteroatoms. The van der Waals surface area contributed by atoms with Crippen molar-refractivity contribution in [3.63, 3.8) is 0 Å². The second kappa shape index (κ2) is 6.73. The molecule has 2 rings (SSSR count). The molecule has 0 fully saturated rings. The number of carboxylic acid groups (broad SMARTS) is 1. The van der Waals surface area contributed by atoms with E-state index in [2.05, 4.69) is 5.32 Å². The highest BCUT2D eigenvalue weighted by Gasteiger charge is 2.18. The van der Waals surface area contributed by atoms with E-state index >= 15 is 0 Å². The number of hydrogen-bond acceptors (Lipinski definition) is 6. The van der Waals surface area contributed by atoms with Gasteiger partial charge in [0.2, 0.25) is 0 Å². The van der Waals surface area contributed by atoms with Crippen molar-refractivity contribution in [3.05, 3.63) is 57.9 Å². The van der Waals surface area contributed by atoms with Crippen LogP contribution in [-0.4, -0.2) is 22.0 Å². The quantitative estimate of drug-likeness (QED) is 0.373. The third-order valence-corrected chi connectivity index (χ3v) is 2.91. The molecule has 2 N–H and O–H groups in total. The lowest BCUT2D eigenvalue weighted by molar-refractivity contribution is -0.384. The van der Waals surface area contributed by atoms with Gasteiger partial charge in [0, 0.05) is 30.8 Å². The van der Waals surface area contributed by atoms with Crippen molar-refractivity contribution in [3.8, 4) is 5.75 Å². The summed E-state index contributed by atoms with van der Waals surface area (Å²) in [5.74, 6) is -3.42. The normalized spacial score (nSPS) is 10.1. The van der Waals surface area contributed by atoms with E-state index in [-0.39, 0.29) is 17.1 Å². The molecule has 0 radical (unpaired) electrons. The number of rotatable bonds is 5. The lowest BCUT2D eigenvalue weighted by Crippen LogP contribution is -2.09. The van der Waals surface area contributed by atoms with Gasteiger partial charge in [-0.25, -0.2) is 9.18 Å². The Morgan fingerprint density at radius 2 is 1.88 bits per heavy atom. The highest BCUT2D eigenvalue weighted by atomic mass is 19.1. The van der Waals surface area contributed by atoms with Crippen LogP contribution in [0.4, 0.5) is 21.5 Å². The second-order valence-electron chi connectivity index (χ2n) is 4.66. The van der Waals surface area contributed by atoms with E-state index in [0.29, 0.717) is 11.8 Å². The first-order chi connectivity index (χ1) is 11.3. The van der Waals surface area contributed by atoms with Crippen LogP contribution in [0.1, 0.15) is 17.3 Å². The third-order valence-electron chi connectivity index (χ3n) is 2.91. The predicted octanol–water partition coefficient (Wildman–Crippen LogP) is 3.10. The van der Waals surface area contributed by atoms with E-state index in [9.17, 15) is 24.1 Å². The van der Waals surface area contributed by atoms with Gasteiger partial charge in [0.1, 0.15) is 17.1 Å². The van der Waals surface area contributed by atoms with Gasteiger partial charge in [-0.05, 0) is 18.2 Å². The molecule has 0 bridgehead atoms. The maximum atomic E-state index is 14.0. The Hall–Kier alpha value is -3.49. The van der Waals surface area contributed by atoms with Gasteiger partial charge in [-0.3, -0.25) is 14.9 Å². The Balaban J connectivity index is 2.37. The number of nitro groups is 1. The van der Waals surface area contributed by atoms with E-state index < -0.39 is 28.2 Å². The zero-order valence-electron chi connectivity index (χ0n) is 12.3. The number of nitro benzene ring substituents is 1. The minimum absolute atomic E-state index is 0.136. The van der Waals surface area contributed by atoms with Crippen LogP contribution < -0.4 is 10.1 Å². The van der Waals surface area contributed by atoms with Crippen molar-refractivity contribution in [1.29, 1.82) is 0 Å². The smallest absolute Gasteiger partial charge is 0.339 e. The molecule has 0 heterocycles. The van der Waals surface area contributed by atoms with Crippen LogP contribution in [0.2, 0.25) is 0 Å². The first-order valence-electron chi connectivity index (χ1n) is 6.54. The van der Waals surface area contributed by atoms with Gasteiger partial charge in [-0.15, -0.1) is 0 Å². The molecule has 0 saturated heterocycles. The maximum absolute atomic E-state index is 14.0. The predicted molar refractivity (Wildman–Crippen MR) is 81.0 cm³/mol. The molecular weight excluding hydrogens is 323 g/mol. The molecule has 0 unspecified atom stereocenters. The number of carbonyl (C=O) groups excluding carboxylic acids is 1. The van der Waals surface area contributed by atoms with E-state index in [1.54, 1.807) is 0 Å². The van der Waals surface area contributed by atoms with Crippen LogP contribution >= 0.6 is 0 Å². The van der Waals surface area contributed by atoms with Crippen LogP contribution in [0.25, 0.3) is 0 Å². The Kier molecular flexibility index (Phi) is 4.73. The van der Waals surface area contributed by atoms with Gasteiger partial charge in [0.05, 0.1) is 10.6 Å². The fourth-order valence-corrected chi connectivity index (χ4v) is 1.88. The summed E-state index contributed by atoms with van der Waals surface area (Å²) in [7, 11) is 0. The van der Waals surface area contributed by atoms with Gasteiger partial charge in [0.25, 0.3) is 5.69 Å². The number of hydrogen-bond donors (Lipinski definition) is 2. The summed E-state index contributed by atoms with van der Waals surface area (Å²) in [5.41, 5.74) is -0.457. The van der Waals surface area contributed by atoms with Crippen molar-refractivity contribution < 1.29 is 28.7 Å². The molecule has 0 spiro atoms. The van der Waals surface area contributed by atoms with Crippen molar-refractivity contribution in [2.75, 3.05) is 5.32 Å². The molecule has 2 aromatic rings. The minimum atomic E-state index is -1.45. The van der Waals surface area contributed by atoms with Gasteiger partial charge in [0.15, 0.2) is 0 Å². The molecule has 2 aromatic carbocycles. The summed E-state index contributed by atoms with van der Waals surface area (Å²) in [5, 5.41) is 22.3. The zero-order valence-corrected chi connectivity index (χ0v) is 12.3. The number of non-ortho nitro benzene ring substituents is 1. The molecule has 0 atom stereocenters. The number of anilines is 2. The summed E-state index contributed by atoms with van der Waals surface area (Å²) in [6, 6.07) is 6.90. The highest BCUT2D eigenvalue weighted by Crippen LogP contribution is 2.29. The Morgan fingerprint density at radius 1 is 1.25 bits per heavy atom. The van der Waals surface area contributed by atoms with Crippen LogP contribution in [0.5, 0.6) is 5.75 Å². The number of aromatic carboxylic acids is 1. The number of carbonyl (C=O) groups is 2. The van der Waals surface area contributed by atoms with Crippen molar-refractivity contribution in [1.82, 2.24) is 0 Å². The molecule has 0 aromatic heterocycles.